The summed E-state index contributed by atoms with van der Waals surface area (Å²) in [5, 5.41) is 4.82. The molecule has 0 saturated heterocycles. The van der Waals surface area contributed by atoms with E-state index in [-0.39, 0.29) is 6.71 Å². The lowest BCUT2D eigenvalue weighted by Gasteiger charge is -2.45. The Bertz CT molecular complexity index is 5310. The SMILES string of the molecule is c1ccc(-c2ccc(N3c4ccc(-c5ccccc5)cc4B4c5ccc6c(c5N(c5cccc(-c7ccccc7)c5)c5cc(-n7c8ccccc8c8ccccc87)cc3c54)c3ccccc3n6-c3c(-c4ccccc4)cccc3-c3ccccc3)cc2)cc1. The van der Waals surface area contributed by atoms with Gasteiger partial charge in [0, 0.05) is 61.1 Å². The molecule has 4 heterocycles. The fraction of sp³-hybridized carbons (Fsp3) is 0. The molecule has 14 aromatic carbocycles. The molecule has 0 unspecified atom stereocenters. The minimum atomic E-state index is -0.197. The van der Waals surface area contributed by atoms with Gasteiger partial charge in [-0.05, 0) is 128 Å². The molecule has 16 aromatic rings. The molecule has 0 aliphatic carbocycles. The fourth-order valence-electron chi connectivity index (χ4n) is 14.8. The second kappa shape index (κ2) is 20.5. The summed E-state index contributed by atoms with van der Waals surface area (Å²) >= 11 is 0. The van der Waals surface area contributed by atoms with Crippen LogP contribution in [-0.2, 0) is 0 Å². The molecule has 414 valence electrons. The largest absolute Gasteiger partial charge is 0.311 e. The van der Waals surface area contributed by atoms with Gasteiger partial charge < -0.3 is 18.9 Å². The fourth-order valence-corrected chi connectivity index (χ4v) is 14.8. The average molecular weight is 1130 g/mol. The monoisotopic (exact) mass is 1130 g/mol. The Kier molecular flexibility index (Phi) is 11.7. The zero-order valence-corrected chi connectivity index (χ0v) is 48.6. The van der Waals surface area contributed by atoms with Gasteiger partial charge in [0.1, 0.15) is 0 Å². The minimum absolute atomic E-state index is 0.197. The zero-order chi connectivity index (χ0) is 58.5. The summed E-state index contributed by atoms with van der Waals surface area (Å²) < 4.78 is 5.08. The second-order valence-electron chi connectivity index (χ2n) is 23.5. The van der Waals surface area contributed by atoms with Crippen molar-refractivity contribution < 1.29 is 0 Å². The van der Waals surface area contributed by atoms with Gasteiger partial charge >= 0.3 is 0 Å². The summed E-state index contributed by atoms with van der Waals surface area (Å²) in [6.45, 7) is -0.197. The van der Waals surface area contributed by atoms with Crippen molar-refractivity contribution in [2.75, 3.05) is 9.80 Å². The number of anilines is 6. The first kappa shape index (κ1) is 50.6. The number of benzene rings is 14. The van der Waals surface area contributed by atoms with Gasteiger partial charge in [-0.25, -0.2) is 0 Å². The van der Waals surface area contributed by atoms with Gasteiger partial charge in [-0.2, -0.15) is 0 Å². The van der Waals surface area contributed by atoms with E-state index in [1.54, 1.807) is 0 Å². The van der Waals surface area contributed by atoms with Crippen molar-refractivity contribution in [3.05, 3.63) is 334 Å². The summed E-state index contributed by atoms with van der Waals surface area (Å²) in [6.07, 6.45) is 0. The number of nitrogens with zero attached hydrogens (tertiary/aromatic N) is 4. The molecule has 4 nitrogen and oxygen atoms in total. The molecule has 5 heteroatoms. The van der Waals surface area contributed by atoms with Crippen LogP contribution in [0.2, 0.25) is 0 Å². The van der Waals surface area contributed by atoms with Gasteiger partial charge in [0.25, 0.3) is 6.71 Å². The number of fused-ring (bicyclic) bond motifs is 11. The molecule has 89 heavy (non-hydrogen) atoms. The number of para-hydroxylation sites is 4. The van der Waals surface area contributed by atoms with Crippen LogP contribution in [0.25, 0.3) is 111 Å². The van der Waals surface area contributed by atoms with E-state index in [9.17, 15) is 0 Å². The Balaban J connectivity index is 1.01. The third kappa shape index (κ3) is 8.02. The Morgan fingerprint density at radius 1 is 0.225 bits per heavy atom. The maximum absolute atomic E-state index is 2.65. The predicted octanol–water partition coefficient (Wildman–Crippen LogP) is 20.3. The topological polar surface area (TPSA) is 16.3 Å². The van der Waals surface area contributed by atoms with Crippen LogP contribution in [0.5, 0.6) is 0 Å². The molecule has 0 fully saturated rings. The van der Waals surface area contributed by atoms with Crippen molar-refractivity contribution in [3.8, 4) is 67.0 Å². The van der Waals surface area contributed by atoms with E-state index in [1.165, 1.54) is 71.4 Å². The van der Waals surface area contributed by atoms with Gasteiger partial charge in [-0.15, -0.1) is 0 Å². The van der Waals surface area contributed by atoms with E-state index in [0.717, 1.165) is 89.7 Å². The molecular formula is C84H55BN4. The standard InChI is InChI=1S/C84H55BN4/c1-6-24-56(25-7-1)59-44-47-64(48-45-59)86-77-50-46-63(58-28-10-3-11-29-58)53-73(77)85-72-49-51-78-81(71-38-18-21-43-76(71)89(78)83-67(60-30-12-4-13-31-60)39-23-40-68(83)61-32-14-5-15-33-61)84(72)88(65-35-22-34-62(52-65)57-26-8-2-9-27-57)80-55-66(54-79(86)82(80)85)87-74-41-19-16-36-69(74)70-37-17-20-42-75(70)87/h1-55H. The van der Waals surface area contributed by atoms with Crippen LogP contribution in [0.1, 0.15) is 0 Å². The molecular weight excluding hydrogens is 1080 g/mol. The van der Waals surface area contributed by atoms with Crippen LogP contribution in [0.4, 0.5) is 34.1 Å². The van der Waals surface area contributed by atoms with Gasteiger partial charge in [-0.3, -0.25) is 0 Å². The smallest absolute Gasteiger partial charge is 0.252 e. The summed E-state index contributed by atoms with van der Waals surface area (Å²) in [5.41, 5.74) is 29.0. The molecule has 0 bridgehead atoms. The maximum atomic E-state index is 2.65. The third-order valence-electron chi connectivity index (χ3n) is 18.7. The molecule has 0 saturated carbocycles. The maximum Gasteiger partial charge on any atom is 0.252 e. The van der Waals surface area contributed by atoms with Crippen molar-refractivity contribution in [1.29, 1.82) is 0 Å². The highest BCUT2D eigenvalue weighted by Gasteiger charge is 2.45. The zero-order valence-electron chi connectivity index (χ0n) is 48.6. The first-order valence-electron chi connectivity index (χ1n) is 30.8. The highest BCUT2D eigenvalue weighted by atomic mass is 15.2. The van der Waals surface area contributed by atoms with Gasteiger partial charge in [0.05, 0.1) is 39.1 Å². The molecule has 2 aromatic heterocycles. The molecule has 0 amide bonds. The Labute approximate surface area is 517 Å². The minimum Gasteiger partial charge on any atom is -0.311 e. The lowest BCUT2D eigenvalue weighted by Crippen LogP contribution is -2.61. The van der Waals surface area contributed by atoms with E-state index in [4.69, 9.17) is 0 Å². The highest BCUT2D eigenvalue weighted by Crippen LogP contribution is 2.52. The Morgan fingerprint density at radius 2 is 0.674 bits per heavy atom. The highest BCUT2D eigenvalue weighted by molar-refractivity contribution is 7.00. The Hall–Kier alpha value is -11.7. The van der Waals surface area contributed by atoms with Crippen LogP contribution < -0.4 is 26.2 Å². The van der Waals surface area contributed by atoms with Crippen molar-refractivity contribution in [2.45, 2.75) is 0 Å². The van der Waals surface area contributed by atoms with Crippen molar-refractivity contribution >= 4 is 101 Å². The third-order valence-corrected chi connectivity index (χ3v) is 18.7. The van der Waals surface area contributed by atoms with E-state index >= 15 is 0 Å². The van der Waals surface area contributed by atoms with E-state index in [2.05, 4.69) is 353 Å². The van der Waals surface area contributed by atoms with Crippen molar-refractivity contribution in [2.24, 2.45) is 0 Å². The summed E-state index contributed by atoms with van der Waals surface area (Å²) in [5.74, 6) is 0. The number of hydrogen-bond donors (Lipinski definition) is 0. The number of hydrogen-bond acceptors (Lipinski definition) is 2. The molecule has 0 radical (unpaired) electrons. The Morgan fingerprint density at radius 3 is 1.26 bits per heavy atom. The van der Waals surface area contributed by atoms with Gasteiger partial charge in [-0.1, -0.05) is 267 Å². The van der Waals surface area contributed by atoms with Crippen molar-refractivity contribution in [3.63, 3.8) is 0 Å². The van der Waals surface area contributed by atoms with Crippen LogP contribution in [0.3, 0.4) is 0 Å². The second-order valence-corrected chi connectivity index (χ2v) is 23.5. The molecule has 18 rings (SSSR count). The van der Waals surface area contributed by atoms with Gasteiger partial charge in [0.15, 0.2) is 0 Å². The first-order valence-corrected chi connectivity index (χ1v) is 30.8. The summed E-state index contributed by atoms with van der Waals surface area (Å²) in [4.78, 5) is 5.21. The number of rotatable bonds is 9. The molecule has 2 aliphatic rings. The van der Waals surface area contributed by atoms with E-state index in [0.29, 0.717) is 0 Å². The summed E-state index contributed by atoms with van der Waals surface area (Å²) in [6, 6.07) is 124. The average Bonchev–Trinajstić information content (AvgIpc) is 1.84. The predicted molar refractivity (Wildman–Crippen MR) is 376 cm³/mol. The lowest BCUT2D eigenvalue weighted by molar-refractivity contribution is 1.16. The van der Waals surface area contributed by atoms with Crippen LogP contribution in [0, 0.1) is 0 Å². The normalized spacial score (nSPS) is 12.4. The van der Waals surface area contributed by atoms with Gasteiger partial charge in [0.2, 0.25) is 0 Å². The molecule has 2 aliphatic heterocycles. The van der Waals surface area contributed by atoms with Crippen LogP contribution >= 0.6 is 0 Å². The van der Waals surface area contributed by atoms with E-state index < -0.39 is 0 Å². The van der Waals surface area contributed by atoms with Crippen LogP contribution in [-0.4, -0.2) is 15.8 Å². The van der Waals surface area contributed by atoms with Crippen LogP contribution in [0.15, 0.2) is 334 Å². The molecule has 0 N–H and O–H groups in total. The molecule has 0 atom stereocenters. The first-order chi connectivity index (χ1) is 44.2. The number of aromatic nitrogens is 2. The molecule has 0 spiro atoms. The van der Waals surface area contributed by atoms with E-state index in [1.807, 2.05) is 0 Å². The van der Waals surface area contributed by atoms with Crippen molar-refractivity contribution in [1.82, 2.24) is 9.13 Å². The lowest BCUT2D eigenvalue weighted by atomic mass is 9.33. The summed E-state index contributed by atoms with van der Waals surface area (Å²) in [7, 11) is 0. The quantitative estimate of drug-likeness (QED) is 0.134.